The number of rotatable bonds is 6. The van der Waals surface area contributed by atoms with Crippen LogP contribution >= 0.6 is 0 Å². The largest absolute Gasteiger partial charge is 0.346 e. The van der Waals surface area contributed by atoms with Crippen LogP contribution in [0.5, 0.6) is 0 Å². The van der Waals surface area contributed by atoms with E-state index in [0.29, 0.717) is 17.9 Å². The first-order chi connectivity index (χ1) is 12.0. The van der Waals surface area contributed by atoms with Gasteiger partial charge >= 0.3 is 0 Å². The minimum atomic E-state index is -0.316. The molecule has 0 fully saturated rings. The van der Waals surface area contributed by atoms with Gasteiger partial charge in [-0.3, -0.25) is 9.89 Å². The Morgan fingerprint density at radius 2 is 1.92 bits per heavy atom. The Morgan fingerprint density at radius 3 is 2.56 bits per heavy atom. The molecule has 0 radical (unpaired) electrons. The zero-order valence-corrected chi connectivity index (χ0v) is 14.0. The maximum atomic E-state index is 13.0. The first-order valence-corrected chi connectivity index (χ1v) is 7.99. The van der Waals surface area contributed by atoms with Crippen molar-refractivity contribution in [3.05, 3.63) is 54.2 Å². The molecule has 0 aliphatic carbocycles. The van der Waals surface area contributed by atoms with Crippen LogP contribution in [0.3, 0.4) is 0 Å². The van der Waals surface area contributed by atoms with Gasteiger partial charge in [-0.05, 0) is 36.2 Å². The van der Waals surface area contributed by atoms with Crippen LogP contribution in [-0.4, -0.2) is 37.1 Å². The van der Waals surface area contributed by atoms with Gasteiger partial charge < -0.3 is 5.32 Å². The number of hydrogen-bond acceptors (Lipinski definition) is 4. The van der Waals surface area contributed by atoms with Gasteiger partial charge in [0.05, 0.1) is 30.7 Å². The zero-order chi connectivity index (χ0) is 17.8. The summed E-state index contributed by atoms with van der Waals surface area (Å²) in [5, 5.41) is 18.0. The topological polar surface area (TPSA) is 88.5 Å². The fourth-order valence-electron chi connectivity index (χ4n) is 2.39. The molecule has 130 valence electrons. The molecule has 25 heavy (non-hydrogen) atoms. The van der Waals surface area contributed by atoms with Gasteiger partial charge in [-0.2, -0.15) is 20.1 Å². The van der Waals surface area contributed by atoms with E-state index in [0.717, 1.165) is 5.56 Å². The van der Waals surface area contributed by atoms with Gasteiger partial charge in [-0.1, -0.05) is 13.8 Å². The van der Waals surface area contributed by atoms with E-state index in [9.17, 15) is 9.18 Å². The van der Waals surface area contributed by atoms with E-state index in [-0.39, 0.29) is 23.7 Å². The fraction of sp³-hybridized carbons (Fsp3) is 0.294. The van der Waals surface area contributed by atoms with Gasteiger partial charge in [-0.15, -0.1) is 0 Å². The molecule has 7 nitrogen and oxygen atoms in total. The van der Waals surface area contributed by atoms with Crippen molar-refractivity contribution in [1.82, 2.24) is 30.5 Å². The molecule has 2 aromatic heterocycles. The highest BCUT2D eigenvalue weighted by atomic mass is 19.1. The third-order valence-corrected chi connectivity index (χ3v) is 3.91. The highest BCUT2D eigenvalue weighted by molar-refractivity contribution is 5.93. The number of aromatic amines is 1. The van der Waals surface area contributed by atoms with Gasteiger partial charge in [0, 0.05) is 5.56 Å². The van der Waals surface area contributed by atoms with E-state index in [1.165, 1.54) is 12.1 Å². The number of amides is 1. The number of benzene rings is 1. The average Bonchev–Trinajstić information content (AvgIpc) is 3.26. The van der Waals surface area contributed by atoms with E-state index in [1.807, 2.05) is 13.8 Å². The van der Waals surface area contributed by atoms with E-state index >= 15 is 0 Å². The first kappa shape index (κ1) is 16.8. The monoisotopic (exact) mass is 342 g/mol. The maximum Gasteiger partial charge on any atom is 0.269 e. The number of carbonyl (C=O) groups is 1. The molecule has 0 spiro atoms. The molecule has 1 amide bonds. The van der Waals surface area contributed by atoms with Crippen molar-refractivity contribution in [2.75, 3.05) is 0 Å². The molecule has 3 aromatic rings. The van der Waals surface area contributed by atoms with Crippen LogP contribution < -0.4 is 5.32 Å². The molecule has 3 rings (SSSR count). The number of nitrogens with one attached hydrogen (secondary N) is 2. The second-order valence-electron chi connectivity index (χ2n) is 6.08. The number of H-pyrrole nitrogens is 1. The highest BCUT2D eigenvalue weighted by Gasteiger charge is 2.20. The molecular formula is C17H19FN6O. The van der Waals surface area contributed by atoms with Crippen molar-refractivity contribution in [3.63, 3.8) is 0 Å². The summed E-state index contributed by atoms with van der Waals surface area (Å²) in [6, 6.07) is 7.47. The van der Waals surface area contributed by atoms with Crippen LogP contribution in [0.1, 0.15) is 24.3 Å². The number of hydrogen-bond donors (Lipinski definition) is 2. The number of nitrogens with zero attached hydrogens (tertiary/aromatic N) is 4. The van der Waals surface area contributed by atoms with Crippen LogP contribution in [0, 0.1) is 11.7 Å². The Kier molecular flexibility index (Phi) is 4.87. The molecule has 1 atom stereocenters. The van der Waals surface area contributed by atoms with E-state index in [4.69, 9.17) is 0 Å². The average molecular weight is 342 g/mol. The Bertz CT molecular complexity index is 825. The quantitative estimate of drug-likeness (QED) is 0.719. The Labute approximate surface area is 144 Å². The predicted octanol–water partition coefficient (Wildman–Crippen LogP) is 2.26. The van der Waals surface area contributed by atoms with Crippen molar-refractivity contribution < 1.29 is 9.18 Å². The van der Waals surface area contributed by atoms with Crippen LogP contribution in [0.2, 0.25) is 0 Å². The van der Waals surface area contributed by atoms with Crippen molar-refractivity contribution in [2.45, 2.75) is 26.4 Å². The number of halogens is 1. The molecule has 0 aliphatic rings. The van der Waals surface area contributed by atoms with Gasteiger partial charge in [-0.25, -0.2) is 4.39 Å². The summed E-state index contributed by atoms with van der Waals surface area (Å²) < 4.78 is 13.0. The lowest BCUT2D eigenvalue weighted by molar-refractivity contribution is 0.0912. The van der Waals surface area contributed by atoms with Crippen LogP contribution in [0.4, 0.5) is 4.39 Å². The summed E-state index contributed by atoms with van der Waals surface area (Å²) in [6.07, 6.45) is 3.20. The minimum Gasteiger partial charge on any atom is -0.346 e. The fourth-order valence-corrected chi connectivity index (χ4v) is 2.39. The third-order valence-electron chi connectivity index (χ3n) is 3.91. The number of carbonyl (C=O) groups excluding carboxylic acids is 1. The number of aromatic nitrogens is 5. The SMILES string of the molecule is CC(C)C(Cn1nccn1)NC(=O)c1cc(-c2ccc(F)cc2)n[nH]1. The molecule has 0 aliphatic heterocycles. The van der Waals surface area contributed by atoms with Crippen molar-refractivity contribution >= 4 is 5.91 Å². The molecule has 2 heterocycles. The van der Waals surface area contributed by atoms with Gasteiger partial charge in [0.25, 0.3) is 5.91 Å². The molecule has 0 saturated carbocycles. The van der Waals surface area contributed by atoms with E-state index in [2.05, 4.69) is 25.7 Å². The minimum absolute atomic E-state index is 0.127. The summed E-state index contributed by atoms with van der Waals surface area (Å²) in [7, 11) is 0. The highest BCUT2D eigenvalue weighted by Crippen LogP contribution is 2.18. The molecule has 0 bridgehead atoms. The second kappa shape index (κ2) is 7.25. The van der Waals surface area contributed by atoms with Crippen LogP contribution in [0.25, 0.3) is 11.3 Å². The molecule has 0 saturated heterocycles. The molecule has 2 N–H and O–H groups in total. The molecular weight excluding hydrogens is 323 g/mol. The third kappa shape index (κ3) is 4.09. The summed E-state index contributed by atoms with van der Waals surface area (Å²) >= 11 is 0. The van der Waals surface area contributed by atoms with Crippen LogP contribution in [0.15, 0.2) is 42.7 Å². The van der Waals surface area contributed by atoms with Crippen LogP contribution in [-0.2, 0) is 6.54 Å². The lowest BCUT2D eigenvalue weighted by Gasteiger charge is -2.21. The summed E-state index contributed by atoms with van der Waals surface area (Å²) in [5.74, 6) is -0.370. The van der Waals surface area contributed by atoms with E-state index < -0.39 is 0 Å². The molecule has 1 unspecified atom stereocenters. The van der Waals surface area contributed by atoms with E-state index in [1.54, 1.807) is 35.4 Å². The van der Waals surface area contributed by atoms with Crippen molar-refractivity contribution in [3.8, 4) is 11.3 Å². The summed E-state index contributed by atoms with van der Waals surface area (Å²) in [4.78, 5) is 14.0. The Morgan fingerprint density at radius 1 is 1.24 bits per heavy atom. The predicted molar refractivity (Wildman–Crippen MR) is 90.1 cm³/mol. The summed E-state index contributed by atoms with van der Waals surface area (Å²) in [5.41, 5.74) is 1.66. The summed E-state index contributed by atoms with van der Waals surface area (Å²) in [6.45, 7) is 4.52. The van der Waals surface area contributed by atoms with Gasteiger partial charge in [0.15, 0.2) is 0 Å². The lowest BCUT2D eigenvalue weighted by Crippen LogP contribution is -2.42. The Balaban J connectivity index is 1.70. The van der Waals surface area contributed by atoms with Crippen molar-refractivity contribution in [2.24, 2.45) is 5.92 Å². The van der Waals surface area contributed by atoms with Crippen molar-refractivity contribution in [1.29, 1.82) is 0 Å². The smallest absolute Gasteiger partial charge is 0.269 e. The first-order valence-electron chi connectivity index (χ1n) is 7.99. The normalized spacial score (nSPS) is 12.3. The maximum absolute atomic E-state index is 13.0. The standard InChI is InChI=1S/C17H19FN6O/c1-11(2)16(10-24-19-7-8-20-24)21-17(25)15-9-14(22-23-15)12-3-5-13(18)6-4-12/h3-9,11,16H,10H2,1-2H3,(H,21,25)(H,22,23). The van der Waals surface area contributed by atoms with Gasteiger partial charge in [0.2, 0.25) is 0 Å². The van der Waals surface area contributed by atoms with Gasteiger partial charge in [0.1, 0.15) is 11.5 Å². The Hall–Kier alpha value is -3.03. The molecule has 8 heteroatoms. The zero-order valence-electron chi connectivity index (χ0n) is 14.0. The molecule has 1 aromatic carbocycles. The lowest BCUT2D eigenvalue weighted by atomic mass is 10.0. The second-order valence-corrected chi connectivity index (χ2v) is 6.08.